The first-order valence-corrected chi connectivity index (χ1v) is 4.09. The second-order valence-corrected chi connectivity index (χ2v) is 3.28. The Bertz CT molecular complexity index is 234. The lowest BCUT2D eigenvalue weighted by Gasteiger charge is -2.39. The van der Waals surface area contributed by atoms with E-state index in [1.54, 1.807) is 0 Å². The molecule has 0 aromatic heterocycles. The molecule has 1 heterocycles. The SMILES string of the molecule is N[C@H]1[C@H](CO)O[C@](O)(C(=O)O)C[C@@H]1O. The molecule has 0 aromatic rings. The van der Waals surface area contributed by atoms with E-state index in [1.807, 2.05) is 0 Å². The minimum atomic E-state index is -2.47. The molecule has 0 aliphatic carbocycles. The Balaban J connectivity index is 2.81. The van der Waals surface area contributed by atoms with E-state index in [0.29, 0.717) is 0 Å². The first-order valence-electron chi connectivity index (χ1n) is 4.09. The van der Waals surface area contributed by atoms with E-state index in [9.17, 15) is 15.0 Å². The topological polar surface area (TPSA) is 133 Å². The van der Waals surface area contributed by atoms with Crippen LogP contribution in [0.2, 0.25) is 0 Å². The van der Waals surface area contributed by atoms with Gasteiger partial charge in [0, 0.05) is 6.42 Å². The molecular formula is C7H13NO6. The Morgan fingerprint density at radius 2 is 2.21 bits per heavy atom. The van der Waals surface area contributed by atoms with Gasteiger partial charge >= 0.3 is 5.97 Å². The highest BCUT2D eigenvalue weighted by Gasteiger charge is 2.49. The predicted octanol–water partition coefficient (Wildman–Crippen LogP) is -2.77. The molecule has 4 atom stereocenters. The number of aliphatic hydroxyl groups is 3. The second kappa shape index (κ2) is 3.79. The van der Waals surface area contributed by atoms with Crippen molar-refractivity contribution >= 4 is 5.97 Å². The molecule has 6 N–H and O–H groups in total. The molecule has 0 amide bonds. The first kappa shape index (κ1) is 11.3. The van der Waals surface area contributed by atoms with Crippen LogP contribution >= 0.6 is 0 Å². The van der Waals surface area contributed by atoms with Crippen LogP contribution in [0.3, 0.4) is 0 Å². The normalized spacial score (nSPS) is 43.6. The summed E-state index contributed by atoms with van der Waals surface area (Å²) in [6, 6.07) is -0.903. The van der Waals surface area contributed by atoms with Crippen LogP contribution in [0.1, 0.15) is 6.42 Å². The molecule has 7 heteroatoms. The predicted molar refractivity (Wildman–Crippen MR) is 43.1 cm³/mol. The van der Waals surface area contributed by atoms with Crippen molar-refractivity contribution < 1.29 is 30.0 Å². The summed E-state index contributed by atoms with van der Waals surface area (Å²) in [4.78, 5) is 10.6. The fraction of sp³-hybridized carbons (Fsp3) is 0.857. The van der Waals surface area contributed by atoms with Gasteiger partial charge in [-0.15, -0.1) is 0 Å². The van der Waals surface area contributed by atoms with Crippen molar-refractivity contribution in [2.24, 2.45) is 5.73 Å². The van der Waals surface area contributed by atoms with Crippen molar-refractivity contribution in [1.29, 1.82) is 0 Å². The van der Waals surface area contributed by atoms with Crippen molar-refractivity contribution in [3.05, 3.63) is 0 Å². The van der Waals surface area contributed by atoms with E-state index in [2.05, 4.69) is 4.74 Å². The molecule has 1 aliphatic rings. The van der Waals surface area contributed by atoms with Crippen LogP contribution in [0.25, 0.3) is 0 Å². The lowest BCUT2D eigenvalue weighted by atomic mass is 9.94. The third-order valence-electron chi connectivity index (χ3n) is 2.22. The summed E-state index contributed by atoms with van der Waals surface area (Å²) >= 11 is 0. The van der Waals surface area contributed by atoms with Crippen LogP contribution in [-0.2, 0) is 9.53 Å². The minimum Gasteiger partial charge on any atom is -0.477 e. The van der Waals surface area contributed by atoms with E-state index >= 15 is 0 Å². The maximum Gasteiger partial charge on any atom is 0.364 e. The Labute approximate surface area is 79.7 Å². The summed E-state index contributed by atoms with van der Waals surface area (Å²) in [7, 11) is 0. The number of aliphatic carboxylic acids is 1. The summed E-state index contributed by atoms with van der Waals surface area (Å²) in [5.74, 6) is -4.08. The largest absolute Gasteiger partial charge is 0.477 e. The van der Waals surface area contributed by atoms with E-state index < -0.39 is 43.0 Å². The zero-order chi connectivity index (χ0) is 10.9. The lowest BCUT2D eigenvalue weighted by molar-refractivity contribution is -0.278. The van der Waals surface area contributed by atoms with Crippen molar-refractivity contribution in [2.45, 2.75) is 30.5 Å². The van der Waals surface area contributed by atoms with Gasteiger partial charge in [0.2, 0.25) is 0 Å². The van der Waals surface area contributed by atoms with E-state index in [0.717, 1.165) is 0 Å². The van der Waals surface area contributed by atoms with Crippen LogP contribution in [0.4, 0.5) is 0 Å². The molecular weight excluding hydrogens is 194 g/mol. The van der Waals surface area contributed by atoms with Gasteiger partial charge in [-0.3, -0.25) is 0 Å². The van der Waals surface area contributed by atoms with Gasteiger partial charge in [0.25, 0.3) is 5.79 Å². The van der Waals surface area contributed by atoms with Crippen molar-refractivity contribution in [3.8, 4) is 0 Å². The van der Waals surface area contributed by atoms with E-state index in [1.165, 1.54) is 0 Å². The number of aliphatic hydroxyl groups excluding tert-OH is 2. The molecule has 1 aliphatic heterocycles. The van der Waals surface area contributed by atoms with Crippen molar-refractivity contribution in [2.75, 3.05) is 6.61 Å². The Morgan fingerprint density at radius 3 is 2.64 bits per heavy atom. The number of nitrogens with two attached hydrogens (primary N) is 1. The van der Waals surface area contributed by atoms with Crippen LogP contribution in [0, 0.1) is 0 Å². The Kier molecular flexibility index (Phi) is 3.07. The molecule has 0 bridgehead atoms. The summed E-state index contributed by atoms with van der Waals surface area (Å²) in [6.45, 7) is -0.562. The number of carboxylic acid groups (broad SMARTS) is 1. The summed E-state index contributed by atoms with van der Waals surface area (Å²) in [6.07, 6.45) is -2.82. The van der Waals surface area contributed by atoms with Crippen molar-refractivity contribution in [3.63, 3.8) is 0 Å². The smallest absolute Gasteiger partial charge is 0.364 e. The summed E-state index contributed by atoms with van der Waals surface area (Å²) in [5.41, 5.74) is 5.42. The van der Waals surface area contributed by atoms with Gasteiger partial charge in [0.15, 0.2) is 0 Å². The molecule has 0 unspecified atom stereocenters. The number of ether oxygens (including phenoxy) is 1. The van der Waals surface area contributed by atoms with Gasteiger partial charge in [-0.05, 0) is 0 Å². The van der Waals surface area contributed by atoms with Gasteiger partial charge in [0.05, 0.1) is 18.8 Å². The maximum absolute atomic E-state index is 10.6. The molecule has 82 valence electrons. The minimum absolute atomic E-state index is 0.514. The zero-order valence-corrected chi connectivity index (χ0v) is 7.33. The molecule has 1 saturated heterocycles. The molecule has 0 saturated carbocycles. The molecule has 14 heavy (non-hydrogen) atoms. The van der Waals surface area contributed by atoms with Gasteiger partial charge < -0.3 is 30.9 Å². The van der Waals surface area contributed by atoms with Gasteiger partial charge in [0.1, 0.15) is 6.10 Å². The number of carboxylic acids is 1. The highest BCUT2D eigenvalue weighted by Crippen LogP contribution is 2.26. The second-order valence-electron chi connectivity index (χ2n) is 3.28. The van der Waals surface area contributed by atoms with E-state index in [4.69, 9.17) is 15.9 Å². The van der Waals surface area contributed by atoms with Crippen LogP contribution in [0.5, 0.6) is 0 Å². The monoisotopic (exact) mass is 207 g/mol. The zero-order valence-electron chi connectivity index (χ0n) is 7.33. The Morgan fingerprint density at radius 1 is 1.64 bits per heavy atom. The fourth-order valence-corrected chi connectivity index (χ4v) is 1.34. The fourth-order valence-electron chi connectivity index (χ4n) is 1.34. The third-order valence-corrected chi connectivity index (χ3v) is 2.22. The Hall–Kier alpha value is -0.730. The third kappa shape index (κ3) is 1.86. The summed E-state index contributed by atoms with van der Waals surface area (Å²) < 4.78 is 4.69. The first-order chi connectivity index (χ1) is 6.40. The number of carbonyl (C=O) groups is 1. The molecule has 0 radical (unpaired) electrons. The molecule has 1 fully saturated rings. The average Bonchev–Trinajstić information content (AvgIpc) is 2.11. The molecule has 0 spiro atoms. The highest BCUT2D eigenvalue weighted by atomic mass is 16.7. The highest BCUT2D eigenvalue weighted by molar-refractivity contribution is 5.75. The molecule has 0 aromatic carbocycles. The standard InChI is InChI=1S/C7H13NO6/c8-5-3(10)1-7(13,6(11)12)14-4(5)2-9/h3-5,9-10,13H,1-2,8H2,(H,11,12)/t3-,4-,5+,7-/m0/s1. The average molecular weight is 207 g/mol. The van der Waals surface area contributed by atoms with Gasteiger partial charge in [-0.25, -0.2) is 4.79 Å². The maximum atomic E-state index is 10.6. The van der Waals surface area contributed by atoms with Crippen LogP contribution < -0.4 is 5.73 Å². The number of hydrogen-bond acceptors (Lipinski definition) is 6. The molecule has 7 nitrogen and oxygen atoms in total. The van der Waals surface area contributed by atoms with Gasteiger partial charge in [-0.1, -0.05) is 0 Å². The van der Waals surface area contributed by atoms with Gasteiger partial charge in [-0.2, -0.15) is 0 Å². The lowest BCUT2D eigenvalue weighted by Crippen LogP contribution is -2.62. The van der Waals surface area contributed by atoms with Crippen LogP contribution in [-0.4, -0.2) is 57.0 Å². The molecule has 1 rings (SSSR count). The number of hydrogen-bond donors (Lipinski definition) is 5. The summed E-state index contributed by atoms with van der Waals surface area (Å²) in [5, 5.41) is 36.1. The number of rotatable bonds is 2. The quantitative estimate of drug-likeness (QED) is 0.331. The van der Waals surface area contributed by atoms with Crippen molar-refractivity contribution in [1.82, 2.24) is 0 Å². The van der Waals surface area contributed by atoms with Crippen LogP contribution in [0.15, 0.2) is 0 Å². The van der Waals surface area contributed by atoms with E-state index in [-0.39, 0.29) is 0 Å².